The molecule has 0 spiro atoms. The molecule has 0 unspecified atom stereocenters. The van der Waals surface area contributed by atoms with Crippen molar-refractivity contribution in [2.75, 3.05) is 0 Å². The first-order valence-corrected chi connectivity index (χ1v) is 11.0. The van der Waals surface area contributed by atoms with Crippen LogP contribution in [0.15, 0.2) is 41.4 Å². The average molecular weight is 364 g/mol. The highest BCUT2D eigenvalue weighted by Gasteiger charge is 2.38. The molecule has 1 heterocycles. The van der Waals surface area contributed by atoms with Crippen LogP contribution < -0.4 is 0 Å². The minimum atomic E-state index is -2.24. The lowest BCUT2D eigenvalue weighted by atomic mass is 10.00. The second-order valence-corrected chi connectivity index (χ2v) is 11.6. The van der Waals surface area contributed by atoms with Gasteiger partial charge in [0.05, 0.1) is 11.2 Å². The molecule has 0 amide bonds. The molecule has 0 radical (unpaired) electrons. The molecule has 1 aromatic heterocycles. The summed E-state index contributed by atoms with van der Waals surface area (Å²) in [6.07, 6.45) is 0.805. The average Bonchev–Trinajstić information content (AvgIpc) is 2.43. The van der Waals surface area contributed by atoms with Crippen LogP contribution in [0.1, 0.15) is 26.0 Å². The highest BCUT2D eigenvalue weighted by molar-refractivity contribution is 9.11. The number of hydrogen-bond donors (Lipinski definition) is 1. The predicted octanol–water partition coefficient (Wildman–Crippen LogP) is 5.34. The van der Waals surface area contributed by atoms with Gasteiger partial charge in [-0.2, -0.15) is 0 Å². The number of nitrogens with zero attached hydrogens (tertiary/aromatic N) is 1. The molecule has 0 bridgehead atoms. The number of halogens is 1. The quantitative estimate of drug-likeness (QED) is 0.743. The molecule has 0 saturated carbocycles. The summed E-state index contributed by atoms with van der Waals surface area (Å²) in [5.41, 5.74) is 3.09. The zero-order valence-electron chi connectivity index (χ0n) is 13.0. The van der Waals surface area contributed by atoms with Crippen molar-refractivity contribution in [1.29, 1.82) is 0 Å². The number of benzene rings is 1. The number of rotatable bonds is 4. The van der Waals surface area contributed by atoms with Gasteiger partial charge in [0.15, 0.2) is 8.32 Å². The van der Waals surface area contributed by atoms with Gasteiger partial charge in [0.25, 0.3) is 0 Å². The fourth-order valence-corrected chi connectivity index (χ4v) is 3.14. The van der Waals surface area contributed by atoms with Gasteiger partial charge in [-0.1, -0.05) is 54.0 Å². The van der Waals surface area contributed by atoms with Crippen LogP contribution in [0.3, 0.4) is 0 Å². The summed E-state index contributed by atoms with van der Waals surface area (Å²) in [4.78, 5) is 17.2. The van der Waals surface area contributed by atoms with E-state index in [1.165, 1.54) is 0 Å². The highest BCUT2D eigenvalue weighted by Crippen LogP contribution is 2.43. The third-order valence-electron chi connectivity index (χ3n) is 4.35. The van der Waals surface area contributed by atoms with Gasteiger partial charge in [0.2, 0.25) is 0 Å². The van der Waals surface area contributed by atoms with Crippen molar-refractivity contribution in [3.63, 3.8) is 0 Å². The Hall–Kier alpha value is -0.973. The molecule has 0 fully saturated rings. The SMILES string of the molecule is CC(C)(C/C(=C/Br)c1ccc2ccccc2n1)[Si](C)(C)O. The molecule has 0 aliphatic carbocycles. The fourth-order valence-electron chi connectivity index (χ4n) is 2.12. The smallest absolute Gasteiger partial charge is 0.188 e. The number of pyridine rings is 1. The van der Waals surface area contributed by atoms with Crippen molar-refractivity contribution in [2.24, 2.45) is 0 Å². The van der Waals surface area contributed by atoms with Crippen molar-refractivity contribution in [3.05, 3.63) is 47.1 Å². The third kappa shape index (κ3) is 3.62. The molecule has 112 valence electrons. The maximum Gasteiger partial charge on any atom is 0.188 e. The van der Waals surface area contributed by atoms with Gasteiger partial charge >= 0.3 is 0 Å². The molecule has 21 heavy (non-hydrogen) atoms. The Labute approximate surface area is 136 Å². The van der Waals surface area contributed by atoms with Gasteiger partial charge in [-0.3, -0.25) is 0 Å². The summed E-state index contributed by atoms with van der Waals surface area (Å²) in [5, 5.41) is 1.03. The maximum atomic E-state index is 10.5. The van der Waals surface area contributed by atoms with Crippen LogP contribution >= 0.6 is 15.9 Å². The Morgan fingerprint density at radius 3 is 2.52 bits per heavy atom. The van der Waals surface area contributed by atoms with Gasteiger partial charge < -0.3 is 4.80 Å². The maximum absolute atomic E-state index is 10.5. The molecule has 0 atom stereocenters. The molecule has 0 saturated heterocycles. The Morgan fingerprint density at radius 1 is 1.24 bits per heavy atom. The summed E-state index contributed by atoms with van der Waals surface area (Å²) in [5.74, 6) is 0. The van der Waals surface area contributed by atoms with Crippen LogP contribution in [-0.2, 0) is 0 Å². The van der Waals surface area contributed by atoms with E-state index in [-0.39, 0.29) is 5.04 Å². The Morgan fingerprint density at radius 2 is 1.90 bits per heavy atom. The van der Waals surface area contributed by atoms with Crippen molar-refractivity contribution in [3.8, 4) is 0 Å². The first-order chi connectivity index (χ1) is 9.74. The molecule has 0 aliphatic heterocycles. The summed E-state index contributed by atoms with van der Waals surface area (Å²) in [7, 11) is -2.24. The third-order valence-corrected chi connectivity index (χ3v) is 8.39. The summed E-state index contributed by atoms with van der Waals surface area (Å²) < 4.78 is 0. The van der Waals surface area contributed by atoms with Crippen LogP contribution in [-0.4, -0.2) is 18.1 Å². The molecule has 2 aromatic rings. The lowest BCUT2D eigenvalue weighted by molar-refractivity contribution is 0.474. The van der Waals surface area contributed by atoms with Crippen LogP contribution in [0.25, 0.3) is 16.5 Å². The first-order valence-electron chi connectivity index (χ1n) is 7.12. The fraction of sp³-hybridized carbons (Fsp3) is 0.353. The topological polar surface area (TPSA) is 33.1 Å². The van der Waals surface area contributed by atoms with Crippen LogP contribution in [0.5, 0.6) is 0 Å². The van der Waals surface area contributed by atoms with Gasteiger partial charge in [0, 0.05) is 5.39 Å². The van der Waals surface area contributed by atoms with Crippen molar-refractivity contribution in [1.82, 2.24) is 4.98 Å². The second kappa shape index (κ2) is 6.03. The Bertz CT molecular complexity index is 674. The van der Waals surface area contributed by atoms with Gasteiger partial charge in [0.1, 0.15) is 0 Å². The largest absolute Gasteiger partial charge is 0.432 e. The lowest BCUT2D eigenvalue weighted by Crippen LogP contribution is -2.39. The summed E-state index contributed by atoms with van der Waals surface area (Å²) in [6.45, 7) is 8.26. The molecule has 4 heteroatoms. The van der Waals surface area contributed by atoms with E-state index in [2.05, 4.69) is 48.0 Å². The van der Waals surface area contributed by atoms with E-state index in [0.717, 1.165) is 28.6 Å². The summed E-state index contributed by atoms with van der Waals surface area (Å²) >= 11 is 3.47. The van der Waals surface area contributed by atoms with Crippen LogP contribution in [0.4, 0.5) is 0 Å². The number of fused-ring (bicyclic) bond motifs is 1. The van der Waals surface area contributed by atoms with Gasteiger partial charge in [-0.25, -0.2) is 4.98 Å². The zero-order valence-corrected chi connectivity index (χ0v) is 15.6. The minimum absolute atomic E-state index is 0.111. The van der Waals surface area contributed by atoms with Crippen molar-refractivity contribution < 1.29 is 4.80 Å². The summed E-state index contributed by atoms with van der Waals surface area (Å²) in [6, 6.07) is 12.3. The molecule has 0 aliphatic rings. The Kier molecular flexibility index (Phi) is 4.71. The van der Waals surface area contributed by atoms with Crippen molar-refractivity contribution >= 4 is 40.7 Å². The van der Waals surface area contributed by atoms with E-state index >= 15 is 0 Å². The number of para-hydroxylation sites is 1. The number of allylic oxidation sites excluding steroid dienone is 1. The molecule has 2 rings (SSSR count). The van der Waals surface area contributed by atoms with Crippen LogP contribution in [0, 0.1) is 0 Å². The van der Waals surface area contributed by atoms with Gasteiger partial charge in [-0.05, 0) is 47.2 Å². The zero-order chi connectivity index (χ0) is 15.7. The van der Waals surface area contributed by atoms with E-state index in [1.807, 2.05) is 36.3 Å². The van der Waals surface area contributed by atoms with E-state index < -0.39 is 8.32 Å². The molecule has 1 N–H and O–H groups in total. The lowest BCUT2D eigenvalue weighted by Gasteiger charge is -2.35. The highest BCUT2D eigenvalue weighted by atomic mass is 79.9. The predicted molar refractivity (Wildman–Crippen MR) is 97.0 cm³/mol. The van der Waals surface area contributed by atoms with E-state index in [9.17, 15) is 4.80 Å². The molecular formula is C17H22BrNOSi. The molecule has 1 aromatic carbocycles. The standard InChI is InChI=1S/C17H22BrNOSi/c1-17(2,21(3,4)20)11-14(12-18)16-10-9-13-7-5-6-8-15(13)19-16/h5-10,12,20H,11H2,1-4H3/b14-12-. The first kappa shape index (κ1) is 16.4. The number of hydrogen-bond acceptors (Lipinski definition) is 2. The Balaban J connectivity index is 2.37. The van der Waals surface area contributed by atoms with Crippen LogP contribution in [0.2, 0.25) is 18.1 Å². The normalized spacial score (nSPS) is 13.7. The molecular weight excluding hydrogens is 342 g/mol. The van der Waals surface area contributed by atoms with Gasteiger partial charge in [-0.15, -0.1) is 0 Å². The van der Waals surface area contributed by atoms with E-state index in [0.29, 0.717) is 0 Å². The molecule has 2 nitrogen and oxygen atoms in total. The second-order valence-electron chi connectivity index (χ2n) is 6.64. The number of aromatic nitrogens is 1. The monoisotopic (exact) mass is 363 g/mol. The van der Waals surface area contributed by atoms with E-state index in [1.54, 1.807) is 0 Å². The van der Waals surface area contributed by atoms with Crippen molar-refractivity contribution in [2.45, 2.75) is 38.4 Å². The minimum Gasteiger partial charge on any atom is -0.432 e. The van der Waals surface area contributed by atoms with E-state index in [4.69, 9.17) is 4.98 Å².